The third kappa shape index (κ3) is 6.93. The van der Waals surface area contributed by atoms with Gasteiger partial charge >= 0.3 is 0 Å². The summed E-state index contributed by atoms with van der Waals surface area (Å²) in [5.74, 6) is -0.0173. The fraction of sp³-hybridized carbons (Fsp3) is 0.529. The molecule has 1 saturated heterocycles. The summed E-state index contributed by atoms with van der Waals surface area (Å²) in [6, 6.07) is 5.36. The number of carbonyl (C=O) groups is 2. The highest BCUT2D eigenvalue weighted by molar-refractivity contribution is 9.10. The summed E-state index contributed by atoms with van der Waals surface area (Å²) in [5.41, 5.74) is 0.612. The van der Waals surface area contributed by atoms with Gasteiger partial charge in [-0.15, -0.1) is 0 Å². The van der Waals surface area contributed by atoms with Gasteiger partial charge in [-0.25, -0.2) is 0 Å². The van der Waals surface area contributed by atoms with Crippen molar-refractivity contribution in [2.24, 2.45) is 0 Å². The van der Waals surface area contributed by atoms with Crippen LogP contribution in [0.5, 0.6) is 0 Å². The Balaban J connectivity index is 1.72. The van der Waals surface area contributed by atoms with Gasteiger partial charge in [0.05, 0.1) is 23.8 Å². The number of nitrogens with zero attached hydrogens (tertiary/aromatic N) is 2. The van der Waals surface area contributed by atoms with Crippen LogP contribution in [0.3, 0.4) is 0 Å². The van der Waals surface area contributed by atoms with Crippen LogP contribution in [0.25, 0.3) is 0 Å². The average Bonchev–Trinajstić information content (AvgIpc) is 2.57. The fourth-order valence-electron chi connectivity index (χ4n) is 2.61. The first-order valence-electron chi connectivity index (χ1n) is 8.44. The predicted molar refractivity (Wildman–Crippen MR) is 104 cm³/mol. The highest BCUT2D eigenvalue weighted by Crippen LogP contribution is 2.25. The molecule has 2 rings (SSSR count). The van der Waals surface area contributed by atoms with Crippen LogP contribution >= 0.6 is 27.5 Å². The molecule has 0 unspecified atom stereocenters. The third-order valence-corrected chi connectivity index (χ3v) is 4.78. The molecule has 1 aromatic rings. The Labute approximate surface area is 162 Å². The lowest BCUT2D eigenvalue weighted by Crippen LogP contribution is -2.51. The molecule has 138 valence electrons. The van der Waals surface area contributed by atoms with Crippen LogP contribution in [0.1, 0.15) is 13.3 Å². The molecule has 25 heavy (non-hydrogen) atoms. The van der Waals surface area contributed by atoms with Gasteiger partial charge in [0.2, 0.25) is 11.8 Å². The van der Waals surface area contributed by atoms with Crippen LogP contribution in [0.15, 0.2) is 22.7 Å². The van der Waals surface area contributed by atoms with Crippen molar-refractivity contribution in [3.05, 3.63) is 27.7 Å². The van der Waals surface area contributed by atoms with Gasteiger partial charge in [-0.2, -0.15) is 0 Å². The van der Waals surface area contributed by atoms with E-state index in [0.717, 1.165) is 43.6 Å². The van der Waals surface area contributed by atoms with Gasteiger partial charge in [-0.3, -0.25) is 19.4 Å². The summed E-state index contributed by atoms with van der Waals surface area (Å²) < 4.78 is 0.870. The second kappa shape index (κ2) is 10.1. The summed E-state index contributed by atoms with van der Waals surface area (Å²) in [4.78, 5) is 28.1. The van der Waals surface area contributed by atoms with Crippen molar-refractivity contribution in [1.29, 1.82) is 0 Å². The van der Waals surface area contributed by atoms with Crippen LogP contribution in [0, 0.1) is 0 Å². The second-order valence-electron chi connectivity index (χ2n) is 6.07. The number of anilines is 1. The second-order valence-corrected chi connectivity index (χ2v) is 7.40. The fourth-order valence-corrected chi connectivity index (χ4v) is 3.33. The first kappa shape index (κ1) is 20.2. The molecule has 8 heteroatoms. The van der Waals surface area contributed by atoms with E-state index in [4.69, 9.17) is 11.6 Å². The Morgan fingerprint density at radius 1 is 1.12 bits per heavy atom. The number of halogens is 2. The molecule has 2 amide bonds. The van der Waals surface area contributed by atoms with Crippen molar-refractivity contribution in [2.75, 3.05) is 51.1 Å². The van der Waals surface area contributed by atoms with E-state index in [9.17, 15) is 9.59 Å². The number of benzene rings is 1. The summed E-state index contributed by atoms with van der Waals surface area (Å²) in [7, 11) is 0. The Hall–Kier alpha value is -1.15. The third-order valence-electron chi connectivity index (χ3n) is 3.98. The van der Waals surface area contributed by atoms with Crippen molar-refractivity contribution in [1.82, 2.24) is 15.1 Å². The molecule has 1 fully saturated rings. The van der Waals surface area contributed by atoms with Crippen molar-refractivity contribution in [3.8, 4) is 0 Å². The first-order chi connectivity index (χ1) is 12.0. The molecule has 0 aromatic heterocycles. The zero-order valence-electron chi connectivity index (χ0n) is 14.4. The SMILES string of the molecule is CCCNC(=O)CN1CCN(CC(=O)Nc2ccc(Br)cc2Cl)CC1. The van der Waals surface area contributed by atoms with Gasteiger partial charge in [0, 0.05) is 37.2 Å². The smallest absolute Gasteiger partial charge is 0.238 e. The number of nitrogens with one attached hydrogen (secondary N) is 2. The van der Waals surface area contributed by atoms with Gasteiger partial charge in [0.1, 0.15) is 0 Å². The molecule has 1 aromatic carbocycles. The Kier molecular flexibility index (Phi) is 8.15. The van der Waals surface area contributed by atoms with Crippen LogP contribution in [0.2, 0.25) is 5.02 Å². The number of piperazine rings is 1. The van der Waals surface area contributed by atoms with E-state index in [1.807, 2.05) is 13.0 Å². The van der Waals surface area contributed by atoms with Crippen LogP contribution in [-0.2, 0) is 9.59 Å². The van der Waals surface area contributed by atoms with E-state index >= 15 is 0 Å². The van der Waals surface area contributed by atoms with Crippen LogP contribution in [-0.4, -0.2) is 67.4 Å². The van der Waals surface area contributed by atoms with Gasteiger partial charge in [0.25, 0.3) is 0 Å². The van der Waals surface area contributed by atoms with Gasteiger partial charge in [-0.1, -0.05) is 34.5 Å². The number of hydrogen-bond donors (Lipinski definition) is 2. The van der Waals surface area contributed by atoms with E-state index in [0.29, 0.717) is 23.8 Å². The molecule has 1 aliphatic heterocycles. The van der Waals surface area contributed by atoms with E-state index in [1.165, 1.54) is 0 Å². The standard InChI is InChI=1S/C17H24BrClN4O2/c1-2-5-20-16(24)11-22-6-8-23(9-7-22)12-17(25)21-15-4-3-13(18)10-14(15)19/h3-4,10H,2,5-9,11-12H2,1H3,(H,20,24)(H,21,25). The number of amides is 2. The lowest BCUT2D eigenvalue weighted by molar-refractivity contribution is -0.123. The molecule has 0 spiro atoms. The Morgan fingerprint density at radius 2 is 1.72 bits per heavy atom. The van der Waals surface area contributed by atoms with E-state index in [2.05, 4.69) is 36.4 Å². The largest absolute Gasteiger partial charge is 0.355 e. The van der Waals surface area contributed by atoms with E-state index in [-0.39, 0.29) is 11.8 Å². The molecule has 0 atom stereocenters. The molecule has 6 nitrogen and oxygen atoms in total. The lowest BCUT2D eigenvalue weighted by Gasteiger charge is -2.33. The van der Waals surface area contributed by atoms with Crippen LogP contribution < -0.4 is 10.6 Å². The zero-order chi connectivity index (χ0) is 18.2. The molecule has 0 saturated carbocycles. The predicted octanol–water partition coefficient (Wildman–Crippen LogP) is 2.18. The molecule has 0 bridgehead atoms. The van der Waals surface area contributed by atoms with Gasteiger partial charge in [-0.05, 0) is 24.6 Å². The number of rotatable bonds is 7. The van der Waals surface area contributed by atoms with E-state index in [1.54, 1.807) is 12.1 Å². The molecule has 0 radical (unpaired) electrons. The topological polar surface area (TPSA) is 64.7 Å². The van der Waals surface area contributed by atoms with E-state index < -0.39 is 0 Å². The molecule has 0 aliphatic carbocycles. The normalized spacial score (nSPS) is 15.8. The molecular formula is C17H24BrClN4O2. The monoisotopic (exact) mass is 430 g/mol. The lowest BCUT2D eigenvalue weighted by atomic mass is 10.3. The number of hydrogen-bond acceptors (Lipinski definition) is 4. The Morgan fingerprint density at radius 3 is 2.28 bits per heavy atom. The molecule has 1 aliphatic rings. The van der Waals surface area contributed by atoms with Gasteiger partial charge < -0.3 is 10.6 Å². The van der Waals surface area contributed by atoms with Crippen molar-refractivity contribution in [3.63, 3.8) is 0 Å². The average molecular weight is 432 g/mol. The maximum absolute atomic E-state index is 12.2. The molecule has 1 heterocycles. The van der Waals surface area contributed by atoms with Crippen molar-refractivity contribution < 1.29 is 9.59 Å². The summed E-state index contributed by atoms with van der Waals surface area (Å²) in [6.07, 6.45) is 0.941. The van der Waals surface area contributed by atoms with Gasteiger partial charge in [0.15, 0.2) is 0 Å². The summed E-state index contributed by atoms with van der Waals surface area (Å²) in [5, 5.41) is 6.23. The van der Waals surface area contributed by atoms with Crippen molar-refractivity contribution in [2.45, 2.75) is 13.3 Å². The highest BCUT2D eigenvalue weighted by Gasteiger charge is 2.20. The maximum Gasteiger partial charge on any atom is 0.238 e. The first-order valence-corrected chi connectivity index (χ1v) is 9.61. The van der Waals surface area contributed by atoms with Crippen molar-refractivity contribution >= 4 is 45.0 Å². The molecule has 2 N–H and O–H groups in total. The minimum atomic E-state index is -0.0849. The maximum atomic E-state index is 12.2. The zero-order valence-corrected chi connectivity index (χ0v) is 16.7. The summed E-state index contributed by atoms with van der Waals surface area (Å²) >= 11 is 9.46. The minimum absolute atomic E-state index is 0.0675. The quantitative estimate of drug-likeness (QED) is 0.694. The highest BCUT2D eigenvalue weighted by atomic mass is 79.9. The Bertz CT molecular complexity index is 606. The minimum Gasteiger partial charge on any atom is -0.355 e. The summed E-state index contributed by atoms with van der Waals surface area (Å²) in [6.45, 7) is 6.60. The molecular weight excluding hydrogens is 408 g/mol. The number of carbonyl (C=O) groups excluding carboxylic acids is 2. The van der Waals surface area contributed by atoms with Crippen LogP contribution in [0.4, 0.5) is 5.69 Å².